The van der Waals surface area contributed by atoms with Crippen LogP contribution in [0.5, 0.6) is 5.75 Å². The molecule has 2 aromatic rings. The Hall–Kier alpha value is -2.60. The van der Waals surface area contributed by atoms with Gasteiger partial charge < -0.3 is 19.3 Å². The molecule has 0 saturated carbocycles. The highest BCUT2D eigenvalue weighted by Crippen LogP contribution is 2.43. The second-order valence-electron chi connectivity index (χ2n) is 8.51. The standard InChI is InChI=1S/C24H29N3O3/c1-29-20-5-6-21-18(16-20)8-15-30-24(21)9-13-26(14-10-24)22-7-4-19(17-25-22)23(28)27-11-2-3-12-27/h4-7,16-17H,2-3,8-15H2,1H3. The van der Waals surface area contributed by atoms with Crippen LogP contribution >= 0.6 is 0 Å². The van der Waals surface area contributed by atoms with Gasteiger partial charge in [-0.1, -0.05) is 6.07 Å². The summed E-state index contributed by atoms with van der Waals surface area (Å²) < 4.78 is 11.8. The minimum Gasteiger partial charge on any atom is -0.497 e. The molecule has 1 aromatic heterocycles. The van der Waals surface area contributed by atoms with E-state index in [1.54, 1.807) is 13.3 Å². The number of piperidine rings is 1. The van der Waals surface area contributed by atoms with E-state index in [2.05, 4.69) is 22.0 Å². The second kappa shape index (κ2) is 7.91. The van der Waals surface area contributed by atoms with Gasteiger partial charge >= 0.3 is 0 Å². The van der Waals surface area contributed by atoms with Gasteiger partial charge in [0.25, 0.3) is 5.91 Å². The van der Waals surface area contributed by atoms with Crippen LogP contribution in [0.25, 0.3) is 0 Å². The third-order valence-corrected chi connectivity index (χ3v) is 6.84. The molecule has 158 valence electrons. The van der Waals surface area contributed by atoms with Crippen molar-refractivity contribution in [2.24, 2.45) is 0 Å². The number of carbonyl (C=O) groups is 1. The lowest BCUT2D eigenvalue weighted by atomic mass is 9.79. The van der Waals surface area contributed by atoms with Crippen molar-refractivity contribution in [1.82, 2.24) is 9.88 Å². The van der Waals surface area contributed by atoms with Gasteiger partial charge in [-0.25, -0.2) is 4.98 Å². The van der Waals surface area contributed by atoms with E-state index >= 15 is 0 Å². The Morgan fingerprint density at radius 1 is 1.10 bits per heavy atom. The Kier molecular flexibility index (Phi) is 5.11. The zero-order valence-corrected chi connectivity index (χ0v) is 17.6. The molecule has 0 N–H and O–H groups in total. The van der Waals surface area contributed by atoms with Gasteiger partial charge in [0.1, 0.15) is 11.6 Å². The summed E-state index contributed by atoms with van der Waals surface area (Å²) in [6.45, 7) is 4.26. The molecule has 0 atom stereocenters. The maximum Gasteiger partial charge on any atom is 0.255 e. The second-order valence-corrected chi connectivity index (χ2v) is 8.51. The zero-order valence-electron chi connectivity index (χ0n) is 17.6. The number of aromatic nitrogens is 1. The Morgan fingerprint density at radius 3 is 2.60 bits per heavy atom. The number of hydrogen-bond donors (Lipinski definition) is 0. The monoisotopic (exact) mass is 407 g/mol. The van der Waals surface area contributed by atoms with Gasteiger partial charge in [0.15, 0.2) is 0 Å². The predicted octanol–water partition coefficient (Wildman–Crippen LogP) is 3.39. The van der Waals surface area contributed by atoms with Gasteiger partial charge in [-0.2, -0.15) is 0 Å². The van der Waals surface area contributed by atoms with E-state index in [0.717, 1.165) is 76.5 Å². The first-order chi connectivity index (χ1) is 14.7. The van der Waals surface area contributed by atoms with Crippen molar-refractivity contribution in [1.29, 1.82) is 0 Å². The quantitative estimate of drug-likeness (QED) is 0.781. The van der Waals surface area contributed by atoms with Crippen LogP contribution < -0.4 is 9.64 Å². The van der Waals surface area contributed by atoms with Gasteiger partial charge in [-0.3, -0.25) is 4.79 Å². The molecule has 6 heteroatoms. The van der Waals surface area contributed by atoms with E-state index < -0.39 is 0 Å². The number of hydrogen-bond acceptors (Lipinski definition) is 5. The zero-order chi connectivity index (χ0) is 20.6. The third-order valence-electron chi connectivity index (χ3n) is 6.84. The van der Waals surface area contributed by atoms with Crippen molar-refractivity contribution in [3.05, 3.63) is 53.2 Å². The smallest absolute Gasteiger partial charge is 0.255 e. The molecular weight excluding hydrogens is 378 g/mol. The van der Waals surface area contributed by atoms with Gasteiger partial charge in [0.05, 0.1) is 24.9 Å². The third kappa shape index (κ3) is 3.43. The molecule has 1 aromatic carbocycles. The van der Waals surface area contributed by atoms with Gasteiger partial charge in [0.2, 0.25) is 0 Å². The Balaban J connectivity index is 1.28. The van der Waals surface area contributed by atoms with Crippen molar-refractivity contribution in [2.75, 3.05) is 44.8 Å². The van der Waals surface area contributed by atoms with Crippen molar-refractivity contribution in [3.63, 3.8) is 0 Å². The molecule has 3 aliphatic heterocycles. The van der Waals surface area contributed by atoms with Gasteiger partial charge in [-0.05, 0) is 67.5 Å². The SMILES string of the molecule is COc1ccc2c(c1)CCOC21CCN(c2ccc(C(=O)N3CCCC3)cn2)CC1. The van der Waals surface area contributed by atoms with E-state index in [0.29, 0.717) is 5.56 Å². The van der Waals surface area contributed by atoms with Gasteiger partial charge in [0, 0.05) is 32.4 Å². The summed E-state index contributed by atoms with van der Waals surface area (Å²) in [4.78, 5) is 21.4. The highest BCUT2D eigenvalue weighted by atomic mass is 16.5. The molecule has 2 fully saturated rings. The molecule has 0 aliphatic carbocycles. The first-order valence-electron chi connectivity index (χ1n) is 11.0. The topological polar surface area (TPSA) is 54.9 Å². The Morgan fingerprint density at radius 2 is 1.90 bits per heavy atom. The summed E-state index contributed by atoms with van der Waals surface area (Å²) in [5, 5.41) is 0. The molecule has 6 nitrogen and oxygen atoms in total. The molecule has 5 rings (SSSR count). The molecule has 30 heavy (non-hydrogen) atoms. The average Bonchev–Trinajstić information content (AvgIpc) is 3.34. The summed E-state index contributed by atoms with van der Waals surface area (Å²) in [6.07, 6.45) is 6.74. The van der Waals surface area contributed by atoms with E-state index in [-0.39, 0.29) is 11.5 Å². The molecule has 1 spiro atoms. The number of methoxy groups -OCH3 is 1. The van der Waals surface area contributed by atoms with Crippen molar-refractivity contribution >= 4 is 11.7 Å². The highest BCUT2D eigenvalue weighted by Gasteiger charge is 2.41. The molecule has 0 bridgehead atoms. The minimum atomic E-state index is -0.206. The fourth-order valence-corrected chi connectivity index (χ4v) is 5.10. The summed E-state index contributed by atoms with van der Waals surface area (Å²) in [7, 11) is 1.71. The minimum absolute atomic E-state index is 0.104. The number of nitrogens with zero attached hydrogens (tertiary/aromatic N) is 3. The summed E-state index contributed by atoms with van der Waals surface area (Å²) in [6, 6.07) is 10.3. The summed E-state index contributed by atoms with van der Waals surface area (Å²) in [5.74, 6) is 1.95. The number of fused-ring (bicyclic) bond motifs is 2. The lowest BCUT2D eigenvalue weighted by Crippen LogP contribution is -2.46. The van der Waals surface area contributed by atoms with Crippen LogP contribution in [0.3, 0.4) is 0 Å². The molecule has 2 saturated heterocycles. The van der Waals surface area contributed by atoms with Crippen molar-refractivity contribution in [2.45, 2.75) is 37.7 Å². The molecule has 1 amide bonds. The molecule has 0 radical (unpaired) electrons. The van der Waals surface area contributed by atoms with Crippen LogP contribution in [0.1, 0.15) is 47.2 Å². The largest absolute Gasteiger partial charge is 0.497 e. The number of benzene rings is 1. The first-order valence-corrected chi connectivity index (χ1v) is 11.0. The maximum absolute atomic E-state index is 12.5. The summed E-state index contributed by atoms with van der Waals surface area (Å²) in [5.41, 5.74) is 3.14. The molecule has 0 unspecified atom stereocenters. The molecule has 4 heterocycles. The van der Waals surface area contributed by atoms with E-state index in [1.807, 2.05) is 23.1 Å². The van der Waals surface area contributed by atoms with Crippen LogP contribution in [0.4, 0.5) is 5.82 Å². The molecule has 3 aliphatic rings. The van der Waals surface area contributed by atoms with E-state index in [4.69, 9.17) is 9.47 Å². The fraction of sp³-hybridized carbons (Fsp3) is 0.500. The number of carbonyl (C=O) groups excluding carboxylic acids is 1. The number of likely N-dealkylation sites (tertiary alicyclic amines) is 1. The number of pyridine rings is 1. The first kappa shape index (κ1) is 19.4. The Bertz CT molecular complexity index is 914. The van der Waals surface area contributed by atoms with Crippen LogP contribution in [-0.2, 0) is 16.8 Å². The lowest BCUT2D eigenvalue weighted by Gasteiger charge is -2.45. The highest BCUT2D eigenvalue weighted by molar-refractivity contribution is 5.94. The van der Waals surface area contributed by atoms with Crippen LogP contribution in [0, 0.1) is 0 Å². The number of ether oxygens (including phenoxy) is 2. The van der Waals surface area contributed by atoms with Crippen LogP contribution in [0.15, 0.2) is 36.5 Å². The predicted molar refractivity (Wildman–Crippen MR) is 115 cm³/mol. The summed E-state index contributed by atoms with van der Waals surface area (Å²) >= 11 is 0. The average molecular weight is 408 g/mol. The van der Waals surface area contributed by atoms with Crippen molar-refractivity contribution in [3.8, 4) is 5.75 Å². The van der Waals surface area contributed by atoms with Gasteiger partial charge in [-0.15, -0.1) is 0 Å². The fourth-order valence-electron chi connectivity index (χ4n) is 5.10. The van der Waals surface area contributed by atoms with E-state index in [1.165, 1.54) is 11.1 Å². The lowest BCUT2D eigenvalue weighted by molar-refractivity contribution is -0.0767. The van der Waals surface area contributed by atoms with Crippen molar-refractivity contribution < 1.29 is 14.3 Å². The Labute approximate surface area is 177 Å². The molecular formula is C24H29N3O3. The number of amides is 1. The van der Waals surface area contributed by atoms with Crippen LogP contribution in [0.2, 0.25) is 0 Å². The number of anilines is 1. The van der Waals surface area contributed by atoms with E-state index in [9.17, 15) is 4.79 Å². The number of rotatable bonds is 3. The maximum atomic E-state index is 12.5. The normalized spacial score (nSPS) is 20.3. The van der Waals surface area contributed by atoms with Crippen LogP contribution in [-0.4, -0.2) is 55.7 Å².